The Labute approximate surface area is 219 Å². The number of ether oxygens (including phenoxy) is 3. The van der Waals surface area contributed by atoms with Gasteiger partial charge in [-0.2, -0.15) is 5.26 Å². The second kappa shape index (κ2) is 12.7. The number of nitrogens with zero attached hydrogens (tertiary/aromatic N) is 1. The van der Waals surface area contributed by atoms with Crippen molar-refractivity contribution in [2.75, 3.05) is 20.3 Å². The van der Waals surface area contributed by atoms with Crippen molar-refractivity contribution in [1.29, 1.82) is 5.26 Å². The predicted octanol–water partition coefficient (Wildman–Crippen LogP) is 2.91. The highest BCUT2D eigenvalue weighted by Gasteiger charge is 2.28. The Balaban J connectivity index is 1.39. The lowest BCUT2D eigenvalue weighted by molar-refractivity contribution is -0.156. The van der Waals surface area contributed by atoms with Gasteiger partial charge in [0.1, 0.15) is 30.0 Å². The first-order valence-electron chi connectivity index (χ1n) is 11.8. The van der Waals surface area contributed by atoms with Gasteiger partial charge >= 0.3 is 19.1 Å². The van der Waals surface area contributed by atoms with E-state index in [4.69, 9.17) is 29.3 Å². The maximum atomic E-state index is 11.7. The van der Waals surface area contributed by atoms with Crippen LogP contribution in [0.4, 0.5) is 0 Å². The number of benzene rings is 3. The first kappa shape index (κ1) is 26.7. The van der Waals surface area contributed by atoms with E-state index in [1.807, 2.05) is 18.2 Å². The van der Waals surface area contributed by atoms with Gasteiger partial charge in [-0.15, -0.1) is 0 Å². The SMILES string of the molecule is CNOB(OCC(=O)OCC(=O)O)c1ccc(OC2CCc3c(Oc4ccc(C#N)cc4)cccc32)cc1. The van der Waals surface area contributed by atoms with E-state index in [1.54, 1.807) is 55.6 Å². The van der Waals surface area contributed by atoms with Crippen molar-refractivity contribution < 1.29 is 38.3 Å². The molecular weight excluding hydrogens is 491 g/mol. The van der Waals surface area contributed by atoms with Gasteiger partial charge < -0.3 is 28.7 Å². The highest BCUT2D eigenvalue weighted by molar-refractivity contribution is 6.61. The van der Waals surface area contributed by atoms with E-state index in [0.29, 0.717) is 22.5 Å². The van der Waals surface area contributed by atoms with Crippen LogP contribution in [0.25, 0.3) is 0 Å². The van der Waals surface area contributed by atoms with Crippen molar-refractivity contribution in [1.82, 2.24) is 5.48 Å². The van der Waals surface area contributed by atoms with Crippen LogP contribution in [0.1, 0.15) is 29.2 Å². The summed E-state index contributed by atoms with van der Waals surface area (Å²) in [7, 11) is 0.619. The number of esters is 1. The number of hydrogen-bond acceptors (Lipinski definition) is 9. The minimum atomic E-state index is -1.25. The van der Waals surface area contributed by atoms with Gasteiger partial charge in [-0.1, -0.05) is 24.3 Å². The maximum absolute atomic E-state index is 11.7. The van der Waals surface area contributed by atoms with E-state index >= 15 is 0 Å². The van der Waals surface area contributed by atoms with Gasteiger partial charge in [0.2, 0.25) is 0 Å². The maximum Gasteiger partial charge on any atom is 0.511 e. The zero-order chi connectivity index (χ0) is 26.9. The summed E-state index contributed by atoms with van der Waals surface area (Å²) in [6.45, 7) is -1.22. The number of nitrogens with one attached hydrogen (secondary N) is 1. The van der Waals surface area contributed by atoms with Crippen LogP contribution in [0.2, 0.25) is 0 Å². The van der Waals surface area contributed by atoms with Crippen LogP contribution < -0.4 is 20.4 Å². The molecule has 1 atom stereocenters. The first-order chi connectivity index (χ1) is 18.5. The van der Waals surface area contributed by atoms with Crippen LogP contribution in [0.5, 0.6) is 17.2 Å². The molecule has 0 fully saturated rings. The topological polar surface area (TPSA) is 136 Å². The van der Waals surface area contributed by atoms with Crippen molar-refractivity contribution in [3.63, 3.8) is 0 Å². The minimum absolute atomic E-state index is 0.148. The molecule has 0 bridgehead atoms. The Morgan fingerprint density at radius 1 is 1.05 bits per heavy atom. The van der Waals surface area contributed by atoms with Crippen LogP contribution in [-0.2, 0) is 30.2 Å². The summed E-state index contributed by atoms with van der Waals surface area (Å²) in [4.78, 5) is 22.2. The Kier molecular flexibility index (Phi) is 8.95. The summed E-state index contributed by atoms with van der Waals surface area (Å²) < 4.78 is 27.7. The number of carboxylic acid groups (broad SMARTS) is 1. The molecule has 2 N–H and O–H groups in total. The number of carbonyl (C=O) groups excluding carboxylic acids is 1. The second-order valence-electron chi connectivity index (χ2n) is 8.30. The number of fused-ring (bicyclic) bond motifs is 1. The number of carbonyl (C=O) groups is 2. The third-order valence-corrected chi connectivity index (χ3v) is 5.75. The van der Waals surface area contributed by atoms with Crippen molar-refractivity contribution in [2.45, 2.75) is 18.9 Å². The second-order valence-corrected chi connectivity index (χ2v) is 8.30. The fourth-order valence-corrected chi connectivity index (χ4v) is 4.03. The lowest BCUT2D eigenvalue weighted by atomic mass is 9.79. The third kappa shape index (κ3) is 6.89. The predicted molar refractivity (Wildman–Crippen MR) is 136 cm³/mol. The largest absolute Gasteiger partial charge is 0.511 e. The van der Waals surface area contributed by atoms with Crippen LogP contribution in [0.3, 0.4) is 0 Å². The summed E-state index contributed by atoms with van der Waals surface area (Å²) in [5.41, 5.74) is 5.85. The average Bonchev–Trinajstić information content (AvgIpc) is 3.34. The molecule has 0 amide bonds. The zero-order valence-electron chi connectivity index (χ0n) is 20.6. The van der Waals surface area contributed by atoms with Gasteiger partial charge in [0, 0.05) is 12.6 Å². The van der Waals surface area contributed by atoms with Gasteiger partial charge in [0.25, 0.3) is 0 Å². The quantitative estimate of drug-likeness (QED) is 0.210. The summed E-state index contributed by atoms with van der Waals surface area (Å²) >= 11 is 0. The van der Waals surface area contributed by atoms with E-state index in [-0.39, 0.29) is 6.10 Å². The number of aliphatic carboxylic acids is 1. The Morgan fingerprint density at radius 2 is 1.79 bits per heavy atom. The highest BCUT2D eigenvalue weighted by Crippen LogP contribution is 2.40. The van der Waals surface area contributed by atoms with Crippen LogP contribution in [0, 0.1) is 11.3 Å². The fourth-order valence-electron chi connectivity index (χ4n) is 4.03. The Morgan fingerprint density at radius 3 is 2.47 bits per heavy atom. The molecule has 0 aromatic heterocycles. The summed E-state index contributed by atoms with van der Waals surface area (Å²) in [5, 5.41) is 17.6. The normalized spacial score (nSPS) is 13.7. The van der Waals surface area contributed by atoms with Gasteiger partial charge in [0.05, 0.1) is 11.6 Å². The van der Waals surface area contributed by atoms with Crippen LogP contribution in [-0.4, -0.2) is 44.4 Å². The molecule has 1 unspecified atom stereocenters. The number of nitriles is 1. The molecule has 0 saturated carbocycles. The number of hydrogen-bond donors (Lipinski definition) is 2. The van der Waals surface area contributed by atoms with Crippen molar-refractivity contribution in [3.05, 3.63) is 83.4 Å². The van der Waals surface area contributed by atoms with Gasteiger partial charge in [-0.25, -0.2) is 15.1 Å². The third-order valence-electron chi connectivity index (χ3n) is 5.75. The summed E-state index contributed by atoms with van der Waals surface area (Å²) in [5.74, 6) is -0.00159. The number of hydroxylamine groups is 1. The fraction of sp³-hybridized carbons (Fsp3) is 0.222. The Hall–Kier alpha value is -4.37. The Bertz CT molecular complexity index is 1310. The van der Waals surface area contributed by atoms with E-state index in [2.05, 4.69) is 16.3 Å². The molecule has 0 aliphatic heterocycles. The molecule has 0 radical (unpaired) electrons. The summed E-state index contributed by atoms with van der Waals surface area (Å²) in [6, 6.07) is 22.0. The van der Waals surface area contributed by atoms with Crippen molar-refractivity contribution in [2.24, 2.45) is 0 Å². The monoisotopic (exact) mass is 516 g/mol. The molecule has 3 aromatic carbocycles. The first-order valence-corrected chi connectivity index (χ1v) is 11.8. The average molecular weight is 516 g/mol. The molecule has 4 rings (SSSR count). The lowest BCUT2D eigenvalue weighted by Gasteiger charge is -2.17. The van der Waals surface area contributed by atoms with Crippen molar-refractivity contribution >= 4 is 24.5 Å². The molecule has 10 nitrogen and oxygen atoms in total. The van der Waals surface area contributed by atoms with Crippen LogP contribution in [0.15, 0.2) is 66.7 Å². The van der Waals surface area contributed by atoms with Crippen molar-refractivity contribution in [3.8, 4) is 23.3 Å². The van der Waals surface area contributed by atoms with E-state index < -0.39 is 32.3 Å². The van der Waals surface area contributed by atoms with Gasteiger partial charge in [-0.05, 0) is 66.3 Å². The number of rotatable bonds is 12. The van der Waals surface area contributed by atoms with Gasteiger partial charge in [0.15, 0.2) is 6.61 Å². The van der Waals surface area contributed by atoms with E-state index in [9.17, 15) is 9.59 Å². The highest BCUT2D eigenvalue weighted by atomic mass is 16.7. The lowest BCUT2D eigenvalue weighted by Crippen LogP contribution is -2.41. The molecule has 0 heterocycles. The molecule has 38 heavy (non-hydrogen) atoms. The molecule has 11 heteroatoms. The van der Waals surface area contributed by atoms with Crippen LogP contribution >= 0.6 is 0 Å². The molecule has 1 aliphatic rings. The molecular formula is C27H25BN2O8. The molecule has 194 valence electrons. The standard InChI is InChI=1S/C27H25BN2O8/c1-30-38-28(35-17-27(33)34-16-26(31)32)19-7-11-21(12-8-19)37-25-14-13-23-22(25)3-2-4-24(23)36-20-9-5-18(15-29)6-10-20/h2-12,25,30H,13-14,16-17H2,1H3,(H,31,32). The molecule has 0 saturated heterocycles. The van der Waals surface area contributed by atoms with E-state index in [0.717, 1.165) is 29.7 Å². The van der Waals surface area contributed by atoms with E-state index in [1.165, 1.54) is 0 Å². The minimum Gasteiger partial charge on any atom is -0.486 e. The number of carboxylic acids is 1. The van der Waals surface area contributed by atoms with Gasteiger partial charge in [-0.3, -0.25) is 0 Å². The summed E-state index contributed by atoms with van der Waals surface area (Å²) in [6.07, 6.45) is 1.44. The molecule has 1 aliphatic carbocycles. The molecule has 0 spiro atoms. The smallest absolute Gasteiger partial charge is 0.486 e. The molecule has 3 aromatic rings. The zero-order valence-corrected chi connectivity index (χ0v) is 20.6.